The molecule has 2 fully saturated rings. The average Bonchev–Trinajstić information content (AvgIpc) is 3.66. The van der Waals surface area contributed by atoms with Crippen LogP contribution in [0.1, 0.15) is 63.4 Å². The number of para-hydroxylation sites is 2. The van der Waals surface area contributed by atoms with Crippen molar-refractivity contribution in [3.05, 3.63) is 94.2 Å². The van der Waals surface area contributed by atoms with Gasteiger partial charge in [0.2, 0.25) is 0 Å². The number of amides is 2. The summed E-state index contributed by atoms with van der Waals surface area (Å²) in [6.07, 6.45) is 6.41. The number of thiophene rings is 1. The summed E-state index contributed by atoms with van der Waals surface area (Å²) in [6, 6.07) is 20.6. The topological polar surface area (TPSA) is 74.8 Å². The molecule has 2 aromatic heterocycles. The molecule has 1 N–H and O–H groups in total. The van der Waals surface area contributed by atoms with E-state index in [0.29, 0.717) is 35.1 Å². The molecule has 1 aliphatic carbocycles. The zero-order valence-corrected chi connectivity index (χ0v) is 25.5. The van der Waals surface area contributed by atoms with Crippen LogP contribution in [0.5, 0.6) is 0 Å². The van der Waals surface area contributed by atoms with Crippen LogP contribution in [0.4, 0.5) is 21.6 Å². The minimum absolute atomic E-state index is 0.145. The van der Waals surface area contributed by atoms with Crippen LogP contribution in [-0.4, -0.2) is 48.6 Å². The highest BCUT2D eigenvalue weighted by Crippen LogP contribution is 2.42. The Hall–Kier alpha value is -4.08. The van der Waals surface area contributed by atoms with Crippen molar-refractivity contribution in [2.45, 2.75) is 57.6 Å². The Morgan fingerprint density at radius 1 is 1.07 bits per heavy atom. The molecule has 7 rings (SSSR count). The van der Waals surface area contributed by atoms with Gasteiger partial charge in [-0.2, -0.15) is 0 Å². The third kappa shape index (κ3) is 5.50. The summed E-state index contributed by atoms with van der Waals surface area (Å²) in [6.45, 7) is 3.83. The summed E-state index contributed by atoms with van der Waals surface area (Å²) in [5.74, 6) is -0.120. The number of halogens is 1. The first-order chi connectivity index (χ1) is 21.5. The van der Waals surface area contributed by atoms with E-state index in [-0.39, 0.29) is 23.6 Å². The van der Waals surface area contributed by atoms with Crippen molar-refractivity contribution in [2.24, 2.45) is 0 Å². The fourth-order valence-corrected chi connectivity index (χ4v) is 7.50. The van der Waals surface area contributed by atoms with Crippen LogP contribution in [-0.2, 0) is 11.2 Å². The predicted molar refractivity (Wildman–Crippen MR) is 172 cm³/mol. The summed E-state index contributed by atoms with van der Waals surface area (Å²) in [7, 11) is 0. The average molecular weight is 611 g/mol. The summed E-state index contributed by atoms with van der Waals surface area (Å²) >= 11 is 1.37. The van der Waals surface area contributed by atoms with Gasteiger partial charge in [-0.1, -0.05) is 36.4 Å². The smallest absolute Gasteiger partial charge is 0.276 e. The monoisotopic (exact) mass is 610 g/mol. The van der Waals surface area contributed by atoms with Crippen LogP contribution < -0.4 is 15.1 Å². The van der Waals surface area contributed by atoms with E-state index in [2.05, 4.69) is 10.2 Å². The van der Waals surface area contributed by atoms with Crippen molar-refractivity contribution in [3.8, 4) is 10.4 Å². The number of nitrogens with one attached hydrogen (secondary N) is 1. The predicted octanol–water partition coefficient (Wildman–Crippen LogP) is 7.25. The van der Waals surface area contributed by atoms with Crippen molar-refractivity contribution in [1.29, 1.82) is 0 Å². The van der Waals surface area contributed by atoms with Gasteiger partial charge in [-0.3, -0.25) is 9.59 Å². The Balaban J connectivity index is 1.16. The van der Waals surface area contributed by atoms with Crippen LogP contribution in [0, 0.1) is 12.7 Å². The maximum atomic E-state index is 14.4. The maximum Gasteiger partial charge on any atom is 0.276 e. The number of aryl methyl sites for hydroxylation is 1. The molecule has 7 nitrogen and oxygen atoms in total. The number of benzene rings is 2. The first kappa shape index (κ1) is 28.7. The molecule has 9 heteroatoms. The Morgan fingerprint density at radius 2 is 1.91 bits per heavy atom. The lowest BCUT2D eigenvalue weighted by molar-refractivity contribution is 0.0981. The van der Waals surface area contributed by atoms with E-state index < -0.39 is 5.82 Å². The lowest BCUT2D eigenvalue weighted by Crippen LogP contribution is -2.45. The van der Waals surface area contributed by atoms with Crippen molar-refractivity contribution < 1.29 is 18.7 Å². The number of hydrogen-bond acceptors (Lipinski definition) is 6. The molecule has 0 bridgehead atoms. The minimum atomic E-state index is -0.462. The summed E-state index contributed by atoms with van der Waals surface area (Å²) in [4.78, 5) is 37.9. The molecular weight excluding hydrogens is 575 g/mol. The highest BCUT2D eigenvalue weighted by Gasteiger charge is 2.32. The van der Waals surface area contributed by atoms with E-state index in [0.717, 1.165) is 66.3 Å². The van der Waals surface area contributed by atoms with Gasteiger partial charge in [0.15, 0.2) is 0 Å². The number of nitrogens with zero attached hydrogens (tertiary/aromatic N) is 3. The molecule has 0 unspecified atom stereocenters. The first-order valence-corrected chi connectivity index (χ1v) is 16.2. The van der Waals surface area contributed by atoms with Crippen molar-refractivity contribution in [2.75, 3.05) is 34.8 Å². The van der Waals surface area contributed by atoms with E-state index in [1.807, 2.05) is 47.4 Å². The number of carbonyl (C=O) groups is 2. The highest BCUT2D eigenvalue weighted by atomic mass is 32.1. The Morgan fingerprint density at radius 3 is 2.68 bits per heavy atom. The number of aromatic nitrogens is 1. The number of hydrogen-bond donors (Lipinski definition) is 1. The van der Waals surface area contributed by atoms with Crippen LogP contribution in [0.2, 0.25) is 0 Å². The summed E-state index contributed by atoms with van der Waals surface area (Å²) in [5.41, 5.74) is 3.95. The molecule has 2 aromatic carbocycles. The van der Waals surface area contributed by atoms with Gasteiger partial charge >= 0.3 is 0 Å². The molecule has 1 saturated carbocycles. The number of carbonyl (C=O) groups excluding carboxylic acids is 2. The van der Waals surface area contributed by atoms with Gasteiger partial charge in [0.25, 0.3) is 11.8 Å². The molecule has 4 heterocycles. The molecule has 1 saturated heterocycles. The molecular formula is C35H35FN4O3S. The quantitative estimate of drug-likeness (QED) is 0.239. The summed E-state index contributed by atoms with van der Waals surface area (Å²) < 4.78 is 20.4. The van der Waals surface area contributed by atoms with Crippen LogP contribution in [0.25, 0.3) is 10.4 Å². The third-order valence-electron chi connectivity index (χ3n) is 8.97. The zero-order chi connectivity index (χ0) is 30.2. The van der Waals surface area contributed by atoms with Gasteiger partial charge < -0.3 is 19.9 Å². The molecule has 3 aliphatic rings. The second kappa shape index (κ2) is 12.1. The van der Waals surface area contributed by atoms with Gasteiger partial charge in [-0.15, -0.1) is 11.3 Å². The molecule has 0 radical (unpaired) electrons. The van der Waals surface area contributed by atoms with Crippen LogP contribution >= 0.6 is 11.3 Å². The highest BCUT2D eigenvalue weighted by molar-refractivity contribution is 7.17. The van der Waals surface area contributed by atoms with E-state index in [1.165, 1.54) is 23.8 Å². The van der Waals surface area contributed by atoms with E-state index in [9.17, 15) is 14.0 Å². The van der Waals surface area contributed by atoms with Gasteiger partial charge in [-0.05, 0) is 86.9 Å². The Kier molecular flexibility index (Phi) is 7.91. The van der Waals surface area contributed by atoms with Gasteiger partial charge in [0, 0.05) is 36.2 Å². The number of fused-ring (bicyclic) bond motifs is 3. The summed E-state index contributed by atoms with van der Waals surface area (Å²) in [5, 5.41) is 2.76. The van der Waals surface area contributed by atoms with Gasteiger partial charge in [0.05, 0.1) is 22.4 Å². The third-order valence-corrected chi connectivity index (χ3v) is 10.2. The normalized spacial score (nSPS) is 17.8. The van der Waals surface area contributed by atoms with E-state index in [4.69, 9.17) is 9.72 Å². The zero-order valence-electron chi connectivity index (χ0n) is 24.7. The van der Waals surface area contributed by atoms with Crippen molar-refractivity contribution in [1.82, 2.24) is 4.98 Å². The SMILES string of the molecule is Cc1cccc(F)c1NC(=O)c1cc2c(s1)-c1ccccc1N(C(=O)c1cccc(N(C[C@H]3CCCO3)C3CCC3)n1)CC2. The van der Waals surface area contributed by atoms with E-state index >= 15 is 0 Å². The number of ether oxygens (including phenoxy) is 1. The first-order valence-electron chi connectivity index (χ1n) is 15.4. The van der Waals surface area contributed by atoms with Crippen LogP contribution in [0.3, 0.4) is 0 Å². The fraction of sp³-hybridized carbons (Fsp3) is 0.343. The van der Waals surface area contributed by atoms with Gasteiger partial charge in [-0.25, -0.2) is 9.37 Å². The molecule has 1 atom stereocenters. The van der Waals surface area contributed by atoms with Crippen molar-refractivity contribution >= 4 is 40.3 Å². The standard InChI is InChI=1S/C35H35FN4O3S/c1-22-8-4-13-27(36)32(22)38-34(41)30-20-23-17-18-39(29-15-3-2-12-26(29)33(23)44-30)35(42)28-14-6-16-31(37-28)40(24-9-5-10-24)21-25-11-7-19-43-25/h2-4,6,8,12-16,20,24-25H,5,7,9-11,17-19,21H2,1H3,(H,38,41)/t25-/m1/s1. The Labute approximate surface area is 260 Å². The molecule has 2 amide bonds. The minimum Gasteiger partial charge on any atom is -0.376 e. The van der Waals surface area contributed by atoms with Crippen LogP contribution in [0.15, 0.2) is 66.7 Å². The molecule has 0 spiro atoms. The van der Waals surface area contributed by atoms with E-state index in [1.54, 1.807) is 25.1 Å². The number of anilines is 3. The molecule has 2 aliphatic heterocycles. The maximum absolute atomic E-state index is 14.4. The lowest BCUT2D eigenvalue weighted by Gasteiger charge is -2.39. The molecule has 4 aromatic rings. The molecule has 44 heavy (non-hydrogen) atoms. The lowest BCUT2D eigenvalue weighted by atomic mass is 9.91. The number of rotatable bonds is 7. The van der Waals surface area contributed by atoms with Gasteiger partial charge in [0.1, 0.15) is 17.3 Å². The number of pyridine rings is 1. The molecule has 226 valence electrons. The largest absolute Gasteiger partial charge is 0.376 e. The second-order valence-corrected chi connectivity index (χ2v) is 12.9. The second-order valence-electron chi connectivity index (χ2n) is 11.8. The van der Waals surface area contributed by atoms with Crippen molar-refractivity contribution in [3.63, 3.8) is 0 Å². The fourth-order valence-electron chi connectivity index (χ4n) is 6.36. The Bertz CT molecular complexity index is 1690.